The molecule has 0 unspecified atom stereocenters. The highest BCUT2D eigenvalue weighted by atomic mass is 15.0. The highest BCUT2D eigenvalue weighted by Gasteiger charge is 2.03. The lowest BCUT2D eigenvalue weighted by molar-refractivity contribution is 1.39. The fraction of sp³-hybridized carbons (Fsp3) is 0.100. The number of amidine groups is 2. The number of benzene rings is 3. The van der Waals surface area contributed by atoms with Crippen molar-refractivity contribution < 1.29 is 0 Å². The highest BCUT2D eigenvalue weighted by molar-refractivity contribution is 6.09. The van der Waals surface area contributed by atoms with Gasteiger partial charge in [0.1, 0.15) is 5.84 Å². The van der Waals surface area contributed by atoms with Crippen molar-refractivity contribution in [1.29, 1.82) is 5.41 Å². The summed E-state index contributed by atoms with van der Waals surface area (Å²) in [6, 6.07) is 22.1. The first kappa shape index (κ1) is 15.0. The van der Waals surface area contributed by atoms with Crippen LogP contribution >= 0.6 is 0 Å². The SMILES string of the molecule is C/C(=N/C(=N)c1ccc2ccccc2c1)Nc1ccccc1C. The summed E-state index contributed by atoms with van der Waals surface area (Å²) in [5.74, 6) is 0.965. The second-order valence-corrected chi connectivity index (χ2v) is 5.55. The second-order valence-electron chi connectivity index (χ2n) is 5.55. The van der Waals surface area contributed by atoms with Crippen LogP contribution < -0.4 is 5.32 Å². The van der Waals surface area contributed by atoms with Gasteiger partial charge in [0.25, 0.3) is 0 Å². The lowest BCUT2D eigenvalue weighted by Gasteiger charge is -2.09. The number of anilines is 1. The summed E-state index contributed by atoms with van der Waals surface area (Å²) in [6.45, 7) is 3.92. The summed E-state index contributed by atoms with van der Waals surface area (Å²) in [7, 11) is 0. The summed E-state index contributed by atoms with van der Waals surface area (Å²) in [5, 5.41) is 13.8. The van der Waals surface area contributed by atoms with Crippen molar-refractivity contribution in [1.82, 2.24) is 0 Å². The Kier molecular flexibility index (Phi) is 4.20. The molecule has 0 fully saturated rings. The molecule has 0 amide bonds. The first-order chi connectivity index (χ1) is 11.1. The number of hydrogen-bond donors (Lipinski definition) is 2. The predicted octanol–water partition coefficient (Wildman–Crippen LogP) is 5.00. The maximum atomic E-state index is 8.23. The van der Waals surface area contributed by atoms with E-state index in [2.05, 4.69) is 16.4 Å². The van der Waals surface area contributed by atoms with Crippen molar-refractivity contribution in [3.8, 4) is 0 Å². The number of para-hydroxylation sites is 1. The summed E-state index contributed by atoms with van der Waals surface area (Å²) in [5.41, 5.74) is 2.98. The van der Waals surface area contributed by atoms with Crippen LogP contribution in [0.4, 0.5) is 5.69 Å². The lowest BCUT2D eigenvalue weighted by atomic mass is 10.1. The summed E-state index contributed by atoms with van der Waals surface area (Å²) < 4.78 is 0. The van der Waals surface area contributed by atoms with Crippen molar-refractivity contribution in [2.24, 2.45) is 4.99 Å². The van der Waals surface area contributed by atoms with Gasteiger partial charge in [-0.1, -0.05) is 54.6 Å². The van der Waals surface area contributed by atoms with Gasteiger partial charge in [0, 0.05) is 11.3 Å². The Morgan fingerprint density at radius 2 is 1.61 bits per heavy atom. The summed E-state index contributed by atoms with van der Waals surface area (Å²) in [6.07, 6.45) is 0. The topological polar surface area (TPSA) is 48.2 Å². The molecule has 2 N–H and O–H groups in total. The summed E-state index contributed by atoms with van der Waals surface area (Å²) >= 11 is 0. The number of rotatable bonds is 2. The molecule has 0 spiro atoms. The molecule has 0 aliphatic rings. The van der Waals surface area contributed by atoms with Gasteiger partial charge in [-0.05, 0) is 42.3 Å². The molecule has 0 heterocycles. The number of fused-ring (bicyclic) bond motifs is 1. The quantitative estimate of drug-likeness (QED) is 0.507. The van der Waals surface area contributed by atoms with Crippen molar-refractivity contribution in [2.45, 2.75) is 13.8 Å². The maximum absolute atomic E-state index is 8.23. The van der Waals surface area contributed by atoms with Gasteiger partial charge in [-0.25, -0.2) is 4.99 Å². The van der Waals surface area contributed by atoms with E-state index in [1.165, 1.54) is 5.39 Å². The molecule has 0 bridgehead atoms. The van der Waals surface area contributed by atoms with E-state index in [-0.39, 0.29) is 5.84 Å². The number of aliphatic imine (C=N–C) groups is 1. The van der Waals surface area contributed by atoms with Crippen molar-refractivity contribution in [2.75, 3.05) is 5.32 Å². The van der Waals surface area contributed by atoms with E-state index in [0.717, 1.165) is 22.2 Å². The number of aryl methyl sites for hydroxylation is 1. The Morgan fingerprint density at radius 3 is 2.39 bits per heavy atom. The van der Waals surface area contributed by atoms with Gasteiger partial charge in [-0.3, -0.25) is 5.41 Å². The Balaban J connectivity index is 1.82. The third kappa shape index (κ3) is 3.46. The molecule has 3 aromatic carbocycles. The number of hydrogen-bond acceptors (Lipinski definition) is 1. The van der Waals surface area contributed by atoms with Gasteiger partial charge < -0.3 is 5.32 Å². The van der Waals surface area contributed by atoms with Crippen molar-refractivity contribution in [3.63, 3.8) is 0 Å². The molecule has 3 aromatic rings. The summed E-state index contributed by atoms with van der Waals surface area (Å²) in [4.78, 5) is 4.38. The average Bonchev–Trinajstić information content (AvgIpc) is 2.56. The molecule has 3 heteroatoms. The average molecular weight is 301 g/mol. The number of nitrogens with one attached hydrogen (secondary N) is 2. The van der Waals surface area contributed by atoms with E-state index in [0.29, 0.717) is 5.84 Å². The molecular formula is C20H19N3. The van der Waals surface area contributed by atoms with Gasteiger partial charge >= 0.3 is 0 Å². The highest BCUT2D eigenvalue weighted by Crippen LogP contribution is 2.17. The predicted molar refractivity (Wildman–Crippen MR) is 98.7 cm³/mol. The van der Waals surface area contributed by atoms with Crippen LogP contribution in [0.2, 0.25) is 0 Å². The fourth-order valence-electron chi connectivity index (χ4n) is 2.50. The van der Waals surface area contributed by atoms with Crippen LogP contribution in [0.15, 0.2) is 71.7 Å². The first-order valence-electron chi connectivity index (χ1n) is 7.59. The third-order valence-corrected chi connectivity index (χ3v) is 3.76. The van der Waals surface area contributed by atoms with Crippen LogP contribution in [0.5, 0.6) is 0 Å². The molecule has 0 saturated carbocycles. The van der Waals surface area contributed by atoms with Crippen LogP contribution in [-0.4, -0.2) is 11.7 Å². The van der Waals surface area contributed by atoms with Crippen molar-refractivity contribution in [3.05, 3.63) is 77.9 Å². The minimum atomic E-state index is 0.259. The van der Waals surface area contributed by atoms with Gasteiger partial charge in [0.05, 0.1) is 0 Å². The normalized spacial score (nSPS) is 11.5. The zero-order valence-corrected chi connectivity index (χ0v) is 13.3. The Hall–Kier alpha value is -2.94. The van der Waals surface area contributed by atoms with Gasteiger partial charge in [0.2, 0.25) is 0 Å². The molecule has 23 heavy (non-hydrogen) atoms. The third-order valence-electron chi connectivity index (χ3n) is 3.76. The molecular weight excluding hydrogens is 282 g/mol. The molecule has 0 aromatic heterocycles. The molecule has 114 valence electrons. The minimum absolute atomic E-state index is 0.259. The van der Waals surface area contributed by atoms with E-state index >= 15 is 0 Å². The Bertz CT molecular complexity index is 894. The molecule has 0 saturated heterocycles. The second kappa shape index (κ2) is 6.44. The molecule has 3 nitrogen and oxygen atoms in total. The smallest absolute Gasteiger partial charge is 0.153 e. The van der Waals surface area contributed by atoms with E-state index in [4.69, 9.17) is 5.41 Å². The maximum Gasteiger partial charge on any atom is 0.153 e. The van der Waals surface area contributed by atoms with Gasteiger partial charge in [-0.15, -0.1) is 0 Å². The standard InChI is InChI=1S/C20H19N3/c1-14-7-3-6-10-19(14)22-15(2)23-20(21)18-12-11-16-8-4-5-9-17(16)13-18/h3-13H,1-2H3,(H2,21,22,23). The van der Waals surface area contributed by atoms with Crippen LogP contribution in [-0.2, 0) is 0 Å². The van der Waals surface area contributed by atoms with Crippen LogP contribution in [0.1, 0.15) is 18.1 Å². The van der Waals surface area contributed by atoms with Crippen LogP contribution in [0.25, 0.3) is 10.8 Å². The molecule has 0 aliphatic carbocycles. The zero-order valence-electron chi connectivity index (χ0n) is 13.3. The molecule has 0 radical (unpaired) electrons. The van der Waals surface area contributed by atoms with Gasteiger partial charge in [-0.2, -0.15) is 0 Å². The molecule has 3 rings (SSSR count). The largest absolute Gasteiger partial charge is 0.344 e. The Morgan fingerprint density at radius 1 is 0.913 bits per heavy atom. The number of nitrogens with zero attached hydrogens (tertiary/aromatic N) is 1. The fourth-order valence-corrected chi connectivity index (χ4v) is 2.50. The van der Waals surface area contributed by atoms with E-state index < -0.39 is 0 Å². The van der Waals surface area contributed by atoms with Crippen molar-refractivity contribution >= 4 is 28.1 Å². The molecule has 0 aliphatic heterocycles. The van der Waals surface area contributed by atoms with E-state index in [9.17, 15) is 0 Å². The van der Waals surface area contributed by atoms with E-state index in [1.54, 1.807) is 0 Å². The Labute approximate surface area is 136 Å². The van der Waals surface area contributed by atoms with Gasteiger partial charge in [0.15, 0.2) is 5.84 Å². The van der Waals surface area contributed by atoms with Crippen LogP contribution in [0.3, 0.4) is 0 Å². The van der Waals surface area contributed by atoms with Crippen LogP contribution in [0, 0.1) is 12.3 Å². The monoisotopic (exact) mass is 301 g/mol. The van der Waals surface area contributed by atoms with E-state index in [1.807, 2.05) is 74.5 Å². The first-order valence-corrected chi connectivity index (χ1v) is 7.59. The minimum Gasteiger partial charge on any atom is -0.344 e. The lowest BCUT2D eigenvalue weighted by Crippen LogP contribution is -2.11. The molecule has 0 atom stereocenters. The zero-order chi connectivity index (χ0) is 16.2.